The standard InChI is InChI=1S/C64H54N2O2.C46H35N3/c1-37(2)40-22-26-43(27-23-40)65(53-18-12-16-48-46-14-8-10-20-57(46)67-62(48)53)55-34-39(5)45-30-31-50-56(35-42-32-33-64(6,7)52-36-51(55)60(45)61(50)59(42)52)66(44-28-24-41(25-29-44)38(3)4)54-19-13-17-49-47-15-9-11-21-58(47)68-63(49)54;1-46(2)26-25-31-27-41(48(33-15-7-3-8-16-33)34-17-9-4-10-18-34)38-24-23-37-32(30-47)28-42(39-29-40(46)43(31)45(38)44(37)39)49(35-19-11-5-12-20-35)36-21-13-6-14-22-36/h8-31,34-38H,32-33H2,1-7H3;3-24,27-29H,25-26H2,1-2H3. The first-order valence-corrected chi connectivity index (χ1v) is 41.5. The maximum absolute atomic E-state index is 10.7. The summed E-state index contributed by atoms with van der Waals surface area (Å²) in [4.78, 5) is 9.67. The highest BCUT2D eigenvalue weighted by Crippen LogP contribution is 2.58. The fourth-order valence-electron chi connectivity index (χ4n) is 19.7. The van der Waals surface area contributed by atoms with Gasteiger partial charge in [-0.15, -0.1) is 0 Å². The SMILES string of the molecule is CC1(C)CCc2cc(N(c3ccccc3)c3ccccc3)c3ccc4c(C#N)cc(N(c5ccccc5)c5ccccc5)c5cc1c2c3c45.Cc1cc(N(c2ccc(C(C)C)cc2)c2cccc3c2oc2ccccc23)c2cc3c4c(cc(N(c5ccc(C(C)C)cc5)c5cccc6c5oc5ccccc56)c5ccc1c2c54)CCC3(C)C. The third-order valence-corrected chi connectivity index (χ3v) is 25.8. The van der Waals surface area contributed by atoms with Gasteiger partial charge >= 0.3 is 0 Å². The molecule has 2 aliphatic rings. The third kappa shape index (κ3) is 11.4. The van der Waals surface area contributed by atoms with Crippen LogP contribution in [0.15, 0.2) is 324 Å². The zero-order valence-electron chi connectivity index (χ0n) is 67.6. The molecule has 0 amide bonds. The Kier molecular flexibility index (Phi) is 16.7. The van der Waals surface area contributed by atoms with Gasteiger partial charge in [0.15, 0.2) is 11.2 Å². The van der Waals surface area contributed by atoms with E-state index < -0.39 is 0 Å². The summed E-state index contributed by atoms with van der Waals surface area (Å²) in [5.41, 5.74) is 26.7. The van der Waals surface area contributed by atoms with E-state index in [2.05, 4.69) is 403 Å². The van der Waals surface area contributed by atoms with Crippen LogP contribution in [0.4, 0.5) is 68.2 Å². The average Bonchev–Trinajstić information content (AvgIpc) is 0.779. The van der Waals surface area contributed by atoms with Crippen molar-refractivity contribution in [2.24, 2.45) is 0 Å². The van der Waals surface area contributed by atoms with E-state index >= 15 is 0 Å². The van der Waals surface area contributed by atoms with E-state index in [0.29, 0.717) is 17.4 Å². The van der Waals surface area contributed by atoms with Crippen LogP contribution in [0.3, 0.4) is 0 Å². The number of hydrogen-bond acceptors (Lipinski definition) is 7. The van der Waals surface area contributed by atoms with Crippen LogP contribution in [0.25, 0.3) is 109 Å². The summed E-state index contributed by atoms with van der Waals surface area (Å²) in [7, 11) is 0. The summed E-state index contributed by atoms with van der Waals surface area (Å²) in [5, 5.41) is 30.1. The lowest BCUT2D eigenvalue weighted by Crippen LogP contribution is -2.24. The van der Waals surface area contributed by atoms with Gasteiger partial charge in [-0.05, 0) is 249 Å². The minimum atomic E-state index is -0.0574. The lowest BCUT2D eigenvalue weighted by Gasteiger charge is -2.37. The molecule has 0 fully saturated rings. The smallest absolute Gasteiger partial charge is 0.159 e. The van der Waals surface area contributed by atoms with E-state index in [4.69, 9.17) is 8.83 Å². The normalized spacial score (nSPS) is 13.7. The van der Waals surface area contributed by atoms with Gasteiger partial charge in [0.25, 0.3) is 0 Å². The Hall–Kier alpha value is -13.7. The van der Waals surface area contributed by atoms with Crippen molar-refractivity contribution in [1.29, 1.82) is 5.26 Å². The fraction of sp³-hybridized carbons (Fsp3) is 0.155. The third-order valence-electron chi connectivity index (χ3n) is 25.8. The van der Waals surface area contributed by atoms with Crippen molar-refractivity contribution in [3.05, 3.63) is 360 Å². The van der Waals surface area contributed by atoms with Crippen molar-refractivity contribution in [3.63, 3.8) is 0 Å². The van der Waals surface area contributed by atoms with Crippen molar-refractivity contribution in [2.45, 2.75) is 111 Å². The molecule has 22 rings (SSSR count). The second-order valence-electron chi connectivity index (χ2n) is 34.3. The fourth-order valence-corrected chi connectivity index (χ4v) is 19.7. The highest BCUT2D eigenvalue weighted by Gasteiger charge is 2.37. The van der Waals surface area contributed by atoms with Crippen molar-refractivity contribution in [3.8, 4) is 6.07 Å². The van der Waals surface area contributed by atoms with Crippen molar-refractivity contribution in [2.75, 3.05) is 19.6 Å². The Morgan fingerprint density at radius 1 is 0.299 bits per heavy atom. The molecular weight excluding hydrogens is 1420 g/mol. The molecule has 2 heterocycles. The molecule has 2 aromatic heterocycles. The van der Waals surface area contributed by atoms with Gasteiger partial charge < -0.3 is 28.4 Å². The van der Waals surface area contributed by atoms with Crippen LogP contribution in [0.5, 0.6) is 0 Å². The zero-order chi connectivity index (χ0) is 79.3. The molecule has 0 unspecified atom stereocenters. The first-order valence-electron chi connectivity index (χ1n) is 41.5. The van der Waals surface area contributed by atoms with E-state index in [1.807, 2.05) is 0 Å². The zero-order valence-corrected chi connectivity index (χ0v) is 67.6. The molecule has 20 aromatic rings. The number of para-hydroxylation sites is 8. The Balaban J connectivity index is 0.000000154. The number of nitriles is 1. The number of aryl methyl sites for hydroxylation is 3. The lowest BCUT2D eigenvalue weighted by atomic mass is 9.70. The van der Waals surface area contributed by atoms with Gasteiger partial charge in [-0.2, -0.15) is 5.26 Å². The van der Waals surface area contributed by atoms with Crippen LogP contribution in [0.1, 0.15) is 125 Å². The Morgan fingerprint density at radius 2 is 0.650 bits per heavy atom. The number of hydrogen-bond donors (Lipinski definition) is 0. The first-order chi connectivity index (χ1) is 57.1. The summed E-state index contributed by atoms with van der Waals surface area (Å²) in [6.07, 6.45) is 4.09. The predicted octanol–water partition coefficient (Wildman–Crippen LogP) is 31.7. The number of benzene rings is 18. The highest BCUT2D eigenvalue weighted by atomic mass is 16.3. The lowest BCUT2D eigenvalue weighted by molar-refractivity contribution is 0.475. The van der Waals surface area contributed by atoms with Gasteiger partial charge in [0.2, 0.25) is 0 Å². The van der Waals surface area contributed by atoms with E-state index in [9.17, 15) is 5.26 Å². The molecule has 0 radical (unpaired) electrons. The summed E-state index contributed by atoms with van der Waals surface area (Å²) >= 11 is 0. The molecule has 117 heavy (non-hydrogen) atoms. The van der Waals surface area contributed by atoms with Gasteiger partial charge in [0, 0.05) is 98.8 Å². The molecule has 0 aliphatic heterocycles. The van der Waals surface area contributed by atoms with E-state index in [0.717, 1.165) is 149 Å². The Labute approximate surface area is 682 Å². The molecule has 0 bridgehead atoms. The maximum atomic E-state index is 10.7. The van der Waals surface area contributed by atoms with Crippen LogP contribution >= 0.6 is 0 Å². The van der Waals surface area contributed by atoms with Crippen LogP contribution < -0.4 is 19.6 Å². The van der Waals surface area contributed by atoms with Gasteiger partial charge in [-0.3, -0.25) is 0 Å². The van der Waals surface area contributed by atoms with Gasteiger partial charge in [-0.1, -0.05) is 237 Å². The Morgan fingerprint density at radius 3 is 1.07 bits per heavy atom. The van der Waals surface area contributed by atoms with Crippen molar-refractivity contribution in [1.82, 2.24) is 0 Å². The largest absolute Gasteiger partial charge is 0.454 e. The van der Waals surface area contributed by atoms with E-state index in [1.165, 1.54) is 92.8 Å². The van der Waals surface area contributed by atoms with E-state index in [1.54, 1.807) is 0 Å². The van der Waals surface area contributed by atoms with E-state index in [-0.39, 0.29) is 10.8 Å². The molecule has 566 valence electrons. The minimum absolute atomic E-state index is 0.0185. The minimum Gasteiger partial charge on any atom is -0.454 e. The number of furan rings is 2. The average molecular weight is 1510 g/mol. The van der Waals surface area contributed by atoms with Gasteiger partial charge in [-0.25, -0.2) is 0 Å². The summed E-state index contributed by atoms with van der Waals surface area (Å²) in [6.45, 7) is 21.0. The van der Waals surface area contributed by atoms with Crippen LogP contribution in [-0.2, 0) is 23.7 Å². The molecule has 0 spiro atoms. The molecule has 18 aromatic carbocycles. The summed E-state index contributed by atoms with van der Waals surface area (Å²) < 4.78 is 13.7. The number of rotatable bonds is 14. The second kappa shape index (κ2) is 27.5. The maximum Gasteiger partial charge on any atom is 0.159 e. The van der Waals surface area contributed by atoms with Crippen molar-refractivity contribution < 1.29 is 8.83 Å². The molecular formula is C110H89N5O2. The predicted molar refractivity (Wildman–Crippen MR) is 494 cm³/mol. The summed E-state index contributed by atoms with van der Waals surface area (Å²) in [6, 6.07) is 117. The van der Waals surface area contributed by atoms with Crippen LogP contribution in [0.2, 0.25) is 0 Å². The second-order valence-corrected chi connectivity index (χ2v) is 34.3. The molecule has 7 heteroatoms. The van der Waals surface area contributed by atoms with Crippen LogP contribution in [0, 0.1) is 18.3 Å². The first kappa shape index (κ1) is 71.1. The summed E-state index contributed by atoms with van der Waals surface area (Å²) in [5.74, 6) is 0.833. The monoisotopic (exact) mass is 1510 g/mol. The number of fused-ring (bicyclic) bond motifs is 6. The number of nitrogens with zero attached hydrogens (tertiary/aromatic N) is 5. The van der Waals surface area contributed by atoms with Crippen molar-refractivity contribution >= 4 is 177 Å². The quantitative estimate of drug-likeness (QED) is 0.101. The van der Waals surface area contributed by atoms with Gasteiger partial charge in [0.05, 0.1) is 45.8 Å². The molecule has 0 N–H and O–H groups in total. The topological polar surface area (TPSA) is 63.0 Å². The molecule has 0 atom stereocenters. The molecule has 0 saturated heterocycles. The highest BCUT2D eigenvalue weighted by molar-refractivity contribution is 6.33. The molecule has 0 saturated carbocycles. The van der Waals surface area contributed by atoms with Gasteiger partial charge in [0.1, 0.15) is 11.2 Å². The van der Waals surface area contributed by atoms with Crippen LogP contribution in [-0.4, -0.2) is 0 Å². The Bertz CT molecular complexity index is 7260. The molecule has 7 nitrogen and oxygen atoms in total. The number of anilines is 12. The molecule has 2 aliphatic carbocycles.